The summed E-state index contributed by atoms with van der Waals surface area (Å²) < 4.78 is 10.7. The quantitative estimate of drug-likeness (QED) is 0.741. The van der Waals surface area contributed by atoms with Crippen LogP contribution in [0.25, 0.3) is 0 Å². The fourth-order valence-corrected chi connectivity index (χ4v) is 3.84. The van der Waals surface area contributed by atoms with Crippen molar-refractivity contribution in [3.63, 3.8) is 0 Å². The Morgan fingerprint density at radius 2 is 1.90 bits per heavy atom. The molecule has 1 N–H and O–H groups in total. The van der Waals surface area contributed by atoms with Crippen LogP contribution in [0.1, 0.15) is 45.4 Å². The third-order valence-electron chi connectivity index (χ3n) is 4.78. The van der Waals surface area contributed by atoms with Gasteiger partial charge in [0.15, 0.2) is 0 Å². The first-order valence-corrected chi connectivity index (χ1v) is 8.23. The fourth-order valence-electron chi connectivity index (χ4n) is 3.84. The standard InChI is InChI=1S/C16H31NO3/c1-13(11-19-2)20-12-15(18)10-17-9-5-8-16(17)14-6-3-4-7-14/h13-16,18H,3-12H2,1-2H3. The van der Waals surface area contributed by atoms with Gasteiger partial charge in [0.25, 0.3) is 0 Å². The molecule has 2 fully saturated rings. The summed E-state index contributed by atoms with van der Waals surface area (Å²) in [4.78, 5) is 2.50. The molecule has 1 saturated heterocycles. The Balaban J connectivity index is 1.70. The zero-order chi connectivity index (χ0) is 14.4. The Morgan fingerprint density at radius 1 is 1.15 bits per heavy atom. The van der Waals surface area contributed by atoms with Gasteiger partial charge in [0.05, 0.1) is 25.4 Å². The molecule has 1 aliphatic heterocycles. The molecule has 0 bridgehead atoms. The lowest BCUT2D eigenvalue weighted by Gasteiger charge is -2.31. The molecule has 1 heterocycles. The van der Waals surface area contributed by atoms with Gasteiger partial charge in [-0.2, -0.15) is 0 Å². The van der Waals surface area contributed by atoms with E-state index in [-0.39, 0.29) is 12.2 Å². The van der Waals surface area contributed by atoms with Crippen molar-refractivity contribution < 1.29 is 14.6 Å². The van der Waals surface area contributed by atoms with Crippen molar-refractivity contribution in [1.29, 1.82) is 0 Å². The number of hydrogen-bond donors (Lipinski definition) is 1. The Labute approximate surface area is 123 Å². The van der Waals surface area contributed by atoms with Gasteiger partial charge in [0.2, 0.25) is 0 Å². The summed E-state index contributed by atoms with van der Waals surface area (Å²) in [6.45, 7) is 4.89. The molecule has 118 valence electrons. The van der Waals surface area contributed by atoms with Crippen LogP contribution in [0.3, 0.4) is 0 Å². The summed E-state index contributed by atoms with van der Waals surface area (Å²) in [6.07, 6.45) is 7.85. The maximum absolute atomic E-state index is 10.2. The Kier molecular flexibility index (Phi) is 6.75. The molecule has 0 aromatic heterocycles. The van der Waals surface area contributed by atoms with Crippen LogP contribution in [-0.4, -0.2) is 61.7 Å². The highest BCUT2D eigenvalue weighted by atomic mass is 16.5. The maximum Gasteiger partial charge on any atom is 0.0900 e. The van der Waals surface area contributed by atoms with Crippen molar-refractivity contribution >= 4 is 0 Å². The van der Waals surface area contributed by atoms with Crippen LogP contribution in [0.2, 0.25) is 0 Å². The van der Waals surface area contributed by atoms with Gasteiger partial charge in [0, 0.05) is 19.7 Å². The summed E-state index contributed by atoms with van der Waals surface area (Å²) in [7, 11) is 1.67. The van der Waals surface area contributed by atoms with Gasteiger partial charge in [0.1, 0.15) is 0 Å². The van der Waals surface area contributed by atoms with Crippen molar-refractivity contribution in [2.75, 3.05) is 33.4 Å². The largest absolute Gasteiger partial charge is 0.389 e. The first-order chi connectivity index (χ1) is 9.70. The van der Waals surface area contributed by atoms with E-state index in [0.29, 0.717) is 19.3 Å². The molecule has 3 atom stereocenters. The van der Waals surface area contributed by atoms with Crippen LogP contribution in [0.5, 0.6) is 0 Å². The average Bonchev–Trinajstić information content (AvgIpc) is 3.07. The van der Waals surface area contributed by atoms with E-state index in [2.05, 4.69) is 4.90 Å². The fraction of sp³-hybridized carbons (Fsp3) is 1.00. The van der Waals surface area contributed by atoms with E-state index in [1.54, 1.807) is 7.11 Å². The van der Waals surface area contributed by atoms with E-state index in [0.717, 1.165) is 19.0 Å². The minimum Gasteiger partial charge on any atom is -0.389 e. The van der Waals surface area contributed by atoms with Crippen LogP contribution in [0, 0.1) is 5.92 Å². The molecule has 2 rings (SSSR count). The smallest absolute Gasteiger partial charge is 0.0900 e. The summed E-state index contributed by atoms with van der Waals surface area (Å²) in [5.74, 6) is 0.873. The number of nitrogens with zero attached hydrogens (tertiary/aromatic N) is 1. The topological polar surface area (TPSA) is 41.9 Å². The van der Waals surface area contributed by atoms with Gasteiger partial charge >= 0.3 is 0 Å². The van der Waals surface area contributed by atoms with Crippen molar-refractivity contribution in [2.24, 2.45) is 5.92 Å². The van der Waals surface area contributed by atoms with Gasteiger partial charge in [-0.25, -0.2) is 0 Å². The van der Waals surface area contributed by atoms with Gasteiger partial charge < -0.3 is 14.6 Å². The Hall–Kier alpha value is -0.160. The lowest BCUT2D eigenvalue weighted by molar-refractivity contribution is -0.0420. The molecule has 1 aliphatic carbocycles. The number of rotatable bonds is 8. The zero-order valence-electron chi connectivity index (χ0n) is 13.1. The molecule has 0 radical (unpaired) electrons. The van der Waals surface area contributed by atoms with Crippen molar-refractivity contribution in [1.82, 2.24) is 4.90 Å². The summed E-state index contributed by atoms with van der Waals surface area (Å²) >= 11 is 0. The molecule has 0 spiro atoms. The molecule has 3 unspecified atom stereocenters. The molecule has 0 aromatic carbocycles. The van der Waals surface area contributed by atoms with Crippen molar-refractivity contribution in [3.05, 3.63) is 0 Å². The van der Waals surface area contributed by atoms with E-state index < -0.39 is 0 Å². The van der Waals surface area contributed by atoms with Gasteiger partial charge in [-0.3, -0.25) is 4.90 Å². The number of β-amino-alcohol motifs (C(OH)–C–C–N with tert-alkyl or cyclic N) is 1. The first-order valence-electron chi connectivity index (χ1n) is 8.23. The number of aliphatic hydroxyl groups is 1. The second-order valence-corrected chi connectivity index (χ2v) is 6.50. The molecule has 1 saturated carbocycles. The summed E-state index contributed by atoms with van der Waals surface area (Å²) in [6, 6.07) is 0.712. The summed E-state index contributed by atoms with van der Waals surface area (Å²) in [5, 5.41) is 10.2. The van der Waals surface area contributed by atoms with Gasteiger partial charge in [-0.15, -0.1) is 0 Å². The van der Waals surface area contributed by atoms with Crippen LogP contribution in [0.15, 0.2) is 0 Å². The van der Waals surface area contributed by atoms with E-state index in [4.69, 9.17) is 9.47 Å². The normalized spacial score (nSPS) is 28.1. The van der Waals surface area contributed by atoms with Crippen LogP contribution < -0.4 is 0 Å². The molecule has 20 heavy (non-hydrogen) atoms. The van der Waals surface area contributed by atoms with E-state index >= 15 is 0 Å². The number of methoxy groups -OCH3 is 1. The van der Waals surface area contributed by atoms with Crippen molar-refractivity contribution in [2.45, 2.75) is 63.7 Å². The molecule has 0 aromatic rings. The Bertz CT molecular complexity index is 268. The minimum absolute atomic E-state index is 0.0545. The highest BCUT2D eigenvalue weighted by Gasteiger charge is 2.33. The van der Waals surface area contributed by atoms with Crippen LogP contribution in [-0.2, 0) is 9.47 Å². The van der Waals surface area contributed by atoms with Crippen LogP contribution >= 0.6 is 0 Å². The summed E-state index contributed by atoms with van der Waals surface area (Å²) in [5.41, 5.74) is 0. The lowest BCUT2D eigenvalue weighted by Crippen LogP contribution is -2.41. The van der Waals surface area contributed by atoms with E-state index in [9.17, 15) is 5.11 Å². The predicted octanol–water partition coefficient (Wildman–Crippen LogP) is 2.05. The molecule has 4 heteroatoms. The molecular formula is C16H31NO3. The zero-order valence-corrected chi connectivity index (χ0v) is 13.1. The average molecular weight is 285 g/mol. The number of hydrogen-bond acceptors (Lipinski definition) is 4. The lowest BCUT2D eigenvalue weighted by atomic mass is 9.96. The van der Waals surface area contributed by atoms with E-state index in [1.807, 2.05) is 6.92 Å². The van der Waals surface area contributed by atoms with Crippen LogP contribution in [0.4, 0.5) is 0 Å². The third-order valence-corrected chi connectivity index (χ3v) is 4.78. The molecule has 0 amide bonds. The second-order valence-electron chi connectivity index (χ2n) is 6.50. The number of likely N-dealkylation sites (tertiary alicyclic amines) is 1. The maximum atomic E-state index is 10.2. The highest BCUT2D eigenvalue weighted by molar-refractivity contribution is 4.88. The minimum atomic E-state index is -0.378. The Morgan fingerprint density at radius 3 is 2.60 bits per heavy atom. The van der Waals surface area contributed by atoms with E-state index in [1.165, 1.54) is 38.5 Å². The number of ether oxygens (including phenoxy) is 2. The predicted molar refractivity (Wildman–Crippen MR) is 79.8 cm³/mol. The highest BCUT2D eigenvalue weighted by Crippen LogP contribution is 2.35. The second kappa shape index (κ2) is 8.32. The first kappa shape index (κ1) is 16.2. The SMILES string of the molecule is COCC(C)OCC(O)CN1CCCC1C1CCCC1. The third kappa shape index (κ3) is 4.69. The number of aliphatic hydroxyl groups excluding tert-OH is 1. The van der Waals surface area contributed by atoms with Gasteiger partial charge in [-0.1, -0.05) is 12.8 Å². The van der Waals surface area contributed by atoms with Crippen molar-refractivity contribution in [3.8, 4) is 0 Å². The monoisotopic (exact) mass is 285 g/mol. The molecular weight excluding hydrogens is 254 g/mol. The molecule has 4 nitrogen and oxygen atoms in total. The van der Waals surface area contributed by atoms with Gasteiger partial charge in [-0.05, 0) is 45.1 Å². The molecule has 2 aliphatic rings.